The number of pyridine rings is 1. The van der Waals surface area contributed by atoms with Crippen molar-refractivity contribution >= 4 is 17.6 Å². The fourth-order valence-electron chi connectivity index (χ4n) is 4.05. The third-order valence-electron chi connectivity index (χ3n) is 5.77. The van der Waals surface area contributed by atoms with Crippen LogP contribution in [0.2, 0.25) is 0 Å². The Labute approximate surface area is 178 Å². The van der Waals surface area contributed by atoms with Crippen LogP contribution < -0.4 is 4.90 Å². The van der Waals surface area contributed by atoms with Crippen LogP contribution >= 0.6 is 0 Å². The summed E-state index contributed by atoms with van der Waals surface area (Å²) in [6.07, 6.45) is -3.37. The summed E-state index contributed by atoms with van der Waals surface area (Å²) in [5.41, 5.74) is 0.248. The van der Waals surface area contributed by atoms with E-state index in [2.05, 4.69) is 4.98 Å². The Morgan fingerprint density at radius 3 is 2.35 bits per heavy atom. The second-order valence-electron chi connectivity index (χ2n) is 7.88. The van der Waals surface area contributed by atoms with Crippen LogP contribution in [0.4, 0.5) is 19.0 Å². The summed E-state index contributed by atoms with van der Waals surface area (Å²) in [5, 5.41) is 0. The van der Waals surface area contributed by atoms with Crippen molar-refractivity contribution in [1.82, 2.24) is 14.8 Å². The number of hydrogen-bond donors (Lipinski definition) is 0. The zero-order valence-corrected chi connectivity index (χ0v) is 16.9. The van der Waals surface area contributed by atoms with Gasteiger partial charge in [0.2, 0.25) is 11.8 Å². The lowest BCUT2D eigenvalue weighted by molar-refractivity contribution is -0.138. The molecule has 0 N–H and O–H groups in total. The van der Waals surface area contributed by atoms with Gasteiger partial charge in [-0.1, -0.05) is 30.3 Å². The maximum Gasteiger partial charge on any atom is 0.417 e. The van der Waals surface area contributed by atoms with Gasteiger partial charge in [0, 0.05) is 51.9 Å². The minimum absolute atomic E-state index is 0.0187. The predicted molar refractivity (Wildman–Crippen MR) is 108 cm³/mol. The van der Waals surface area contributed by atoms with Gasteiger partial charge in [-0.05, 0) is 17.7 Å². The van der Waals surface area contributed by atoms with Crippen molar-refractivity contribution in [2.24, 2.45) is 5.92 Å². The van der Waals surface area contributed by atoms with E-state index in [4.69, 9.17) is 0 Å². The number of carbonyl (C=O) groups excluding carboxylic acids is 2. The molecule has 0 aliphatic carbocycles. The molecule has 6 nitrogen and oxygen atoms in total. The van der Waals surface area contributed by atoms with Gasteiger partial charge in [-0.25, -0.2) is 4.98 Å². The number of alkyl halides is 3. The second-order valence-corrected chi connectivity index (χ2v) is 7.88. The highest BCUT2D eigenvalue weighted by molar-refractivity contribution is 5.89. The van der Waals surface area contributed by atoms with Gasteiger partial charge in [-0.2, -0.15) is 13.2 Å². The monoisotopic (exact) mass is 432 g/mol. The number of hydrogen-bond acceptors (Lipinski definition) is 4. The summed E-state index contributed by atoms with van der Waals surface area (Å²) in [6.45, 7) is 2.77. The molecule has 2 fully saturated rings. The van der Waals surface area contributed by atoms with E-state index in [1.54, 1.807) is 9.80 Å². The topological polar surface area (TPSA) is 56.8 Å². The molecule has 0 radical (unpaired) electrons. The molecule has 2 aliphatic heterocycles. The van der Waals surface area contributed by atoms with Crippen molar-refractivity contribution in [2.45, 2.75) is 19.1 Å². The Morgan fingerprint density at radius 1 is 1.03 bits per heavy atom. The molecule has 4 rings (SSSR count). The van der Waals surface area contributed by atoms with Gasteiger partial charge >= 0.3 is 6.18 Å². The minimum atomic E-state index is -4.41. The number of benzene rings is 1. The van der Waals surface area contributed by atoms with Crippen LogP contribution in [0.25, 0.3) is 0 Å². The first-order valence-electron chi connectivity index (χ1n) is 10.2. The highest BCUT2D eigenvalue weighted by Gasteiger charge is 2.37. The number of carbonyl (C=O) groups is 2. The average Bonchev–Trinajstić information content (AvgIpc) is 3.14. The first-order valence-corrected chi connectivity index (χ1v) is 10.2. The number of likely N-dealkylation sites (tertiary alicyclic amines) is 1. The third kappa shape index (κ3) is 4.81. The number of anilines is 1. The molecule has 1 atom stereocenters. The van der Waals surface area contributed by atoms with E-state index in [0.717, 1.165) is 17.8 Å². The molecule has 0 bridgehead atoms. The summed E-state index contributed by atoms with van der Waals surface area (Å²) < 4.78 is 38.1. The van der Waals surface area contributed by atoms with Crippen molar-refractivity contribution < 1.29 is 22.8 Å². The molecule has 2 saturated heterocycles. The number of halogens is 3. The van der Waals surface area contributed by atoms with Gasteiger partial charge in [0.05, 0.1) is 11.5 Å². The fourth-order valence-corrected chi connectivity index (χ4v) is 4.05. The first kappa shape index (κ1) is 21.1. The van der Waals surface area contributed by atoms with Gasteiger partial charge in [-0.15, -0.1) is 0 Å². The molecular formula is C22H23F3N4O2. The van der Waals surface area contributed by atoms with Gasteiger partial charge in [0.15, 0.2) is 0 Å². The van der Waals surface area contributed by atoms with Gasteiger partial charge in [0.1, 0.15) is 5.82 Å². The van der Waals surface area contributed by atoms with Gasteiger partial charge in [-0.3, -0.25) is 9.59 Å². The highest BCUT2D eigenvalue weighted by Crippen LogP contribution is 2.29. The first-order chi connectivity index (χ1) is 14.8. The molecular weight excluding hydrogens is 409 g/mol. The zero-order chi connectivity index (χ0) is 22.0. The molecule has 164 valence electrons. The normalized spacial score (nSPS) is 19.8. The Morgan fingerprint density at radius 2 is 1.74 bits per heavy atom. The van der Waals surface area contributed by atoms with Crippen molar-refractivity contribution in [3.8, 4) is 0 Å². The van der Waals surface area contributed by atoms with E-state index < -0.39 is 11.7 Å². The van der Waals surface area contributed by atoms with E-state index in [1.807, 2.05) is 35.2 Å². The lowest BCUT2D eigenvalue weighted by Crippen LogP contribution is -2.51. The van der Waals surface area contributed by atoms with Crippen LogP contribution in [-0.2, 0) is 22.3 Å². The number of rotatable bonds is 4. The predicted octanol–water partition coefficient (Wildman–Crippen LogP) is 2.80. The Kier molecular flexibility index (Phi) is 5.84. The minimum Gasteiger partial charge on any atom is -0.353 e. The van der Waals surface area contributed by atoms with Crippen LogP contribution in [0.15, 0.2) is 48.7 Å². The summed E-state index contributed by atoms with van der Waals surface area (Å²) in [7, 11) is 0. The SMILES string of the molecule is O=C1CC(C(=O)N2CCN(c3ccc(C(F)(F)F)cn3)CC2)CN1Cc1ccccc1. The van der Waals surface area contributed by atoms with Crippen LogP contribution in [0.3, 0.4) is 0 Å². The Balaban J connectivity index is 1.31. The lowest BCUT2D eigenvalue weighted by atomic mass is 10.1. The van der Waals surface area contributed by atoms with Crippen LogP contribution in [0.5, 0.6) is 0 Å². The smallest absolute Gasteiger partial charge is 0.353 e. The maximum atomic E-state index is 12.9. The number of aromatic nitrogens is 1. The van der Waals surface area contributed by atoms with Crippen molar-refractivity contribution in [1.29, 1.82) is 0 Å². The fraction of sp³-hybridized carbons (Fsp3) is 0.409. The standard InChI is InChI=1S/C22H23F3N4O2/c23-22(24,25)18-6-7-19(26-13-18)27-8-10-28(11-9-27)21(31)17-12-20(30)29(15-17)14-16-4-2-1-3-5-16/h1-7,13,17H,8-12,14-15H2. The quantitative estimate of drug-likeness (QED) is 0.746. The third-order valence-corrected chi connectivity index (χ3v) is 5.77. The summed E-state index contributed by atoms with van der Waals surface area (Å²) in [4.78, 5) is 34.6. The molecule has 31 heavy (non-hydrogen) atoms. The second kappa shape index (κ2) is 8.56. The van der Waals surface area contributed by atoms with E-state index >= 15 is 0 Å². The number of amides is 2. The molecule has 1 aromatic heterocycles. The Hall–Kier alpha value is -3.10. The highest BCUT2D eigenvalue weighted by atomic mass is 19.4. The van der Waals surface area contributed by atoms with Crippen molar-refractivity contribution in [3.05, 3.63) is 59.8 Å². The van der Waals surface area contributed by atoms with Gasteiger partial charge < -0.3 is 14.7 Å². The molecule has 0 saturated carbocycles. The van der Waals surface area contributed by atoms with Crippen molar-refractivity contribution in [2.75, 3.05) is 37.6 Å². The summed E-state index contributed by atoms with van der Waals surface area (Å²) >= 11 is 0. The van der Waals surface area contributed by atoms with Crippen molar-refractivity contribution in [3.63, 3.8) is 0 Å². The van der Waals surface area contributed by atoms with E-state index in [1.165, 1.54) is 6.07 Å². The molecule has 2 amide bonds. The number of piperazine rings is 1. The summed E-state index contributed by atoms with van der Waals surface area (Å²) in [5.74, 6) is 0.0517. The number of nitrogens with zero attached hydrogens (tertiary/aromatic N) is 4. The maximum absolute atomic E-state index is 12.9. The molecule has 2 aromatic rings. The molecule has 9 heteroatoms. The lowest BCUT2D eigenvalue weighted by Gasteiger charge is -2.36. The van der Waals surface area contributed by atoms with E-state index in [9.17, 15) is 22.8 Å². The van der Waals surface area contributed by atoms with E-state index in [0.29, 0.717) is 45.1 Å². The largest absolute Gasteiger partial charge is 0.417 e. The molecule has 3 heterocycles. The van der Waals surface area contributed by atoms with Gasteiger partial charge in [0.25, 0.3) is 0 Å². The molecule has 1 unspecified atom stereocenters. The summed E-state index contributed by atoms with van der Waals surface area (Å²) in [6, 6.07) is 12.0. The average molecular weight is 432 g/mol. The van der Waals surface area contributed by atoms with Crippen LogP contribution in [0.1, 0.15) is 17.5 Å². The van der Waals surface area contributed by atoms with Crippen LogP contribution in [-0.4, -0.2) is 59.3 Å². The molecule has 1 aromatic carbocycles. The molecule has 0 spiro atoms. The Bertz CT molecular complexity index is 926. The van der Waals surface area contributed by atoms with E-state index in [-0.39, 0.29) is 24.2 Å². The van der Waals surface area contributed by atoms with Crippen LogP contribution in [0, 0.1) is 5.92 Å². The zero-order valence-electron chi connectivity index (χ0n) is 16.9. The molecule has 2 aliphatic rings.